The van der Waals surface area contributed by atoms with Crippen molar-refractivity contribution in [3.63, 3.8) is 0 Å². The number of carboxylic acid groups (broad SMARTS) is 1. The van der Waals surface area contributed by atoms with E-state index in [0.29, 0.717) is 13.0 Å². The number of rotatable bonds is 7. The SMILES string of the molecule is COC(CNC(=O)C(C)CCN)C(=O)O. The standard InChI is InChI=1S/C9H18N2O4/c1-6(3-4-10)8(12)11-5-7(15-2)9(13)14/h6-7H,3-5,10H2,1-2H3,(H,11,12)(H,13,14). The van der Waals surface area contributed by atoms with Crippen LogP contribution in [0.25, 0.3) is 0 Å². The molecule has 0 fully saturated rings. The second-order valence-electron chi connectivity index (χ2n) is 3.29. The van der Waals surface area contributed by atoms with Crippen LogP contribution < -0.4 is 11.1 Å². The molecule has 0 aliphatic carbocycles. The number of carbonyl (C=O) groups excluding carboxylic acids is 1. The molecule has 0 aromatic heterocycles. The zero-order valence-electron chi connectivity index (χ0n) is 9.03. The van der Waals surface area contributed by atoms with Crippen molar-refractivity contribution in [1.29, 1.82) is 0 Å². The van der Waals surface area contributed by atoms with Crippen LogP contribution in [-0.2, 0) is 14.3 Å². The van der Waals surface area contributed by atoms with E-state index in [2.05, 4.69) is 10.1 Å². The van der Waals surface area contributed by atoms with Crippen LogP contribution in [0.3, 0.4) is 0 Å². The summed E-state index contributed by atoms with van der Waals surface area (Å²) in [6, 6.07) is 0. The zero-order valence-corrected chi connectivity index (χ0v) is 9.03. The van der Waals surface area contributed by atoms with E-state index in [1.165, 1.54) is 7.11 Å². The topological polar surface area (TPSA) is 102 Å². The van der Waals surface area contributed by atoms with Gasteiger partial charge >= 0.3 is 5.97 Å². The number of nitrogens with two attached hydrogens (primary N) is 1. The quantitative estimate of drug-likeness (QED) is 0.518. The van der Waals surface area contributed by atoms with E-state index < -0.39 is 12.1 Å². The van der Waals surface area contributed by atoms with Gasteiger partial charge in [0.25, 0.3) is 0 Å². The molecule has 0 heterocycles. The van der Waals surface area contributed by atoms with Crippen LogP contribution in [0.1, 0.15) is 13.3 Å². The van der Waals surface area contributed by atoms with Crippen molar-refractivity contribution >= 4 is 11.9 Å². The Kier molecular flexibility index (Phi) is 6.64. The van der Waals surface area contributed by atoms with Crippen molar-refractivity contribution in [2.24, 2.45) is 11.7 Å². The number of carbonyl (C=O) groups is 2. The molecule has 1 amide bonds. The Hall–Kier alpha value is -1.14. The van der Waals surface area contributed by atoms with Gasteiger partial charge in [0, 0.05) is 13.0 Å². The molecule has 0 spiro atoms. The summed E-state index contributed by atoms with van der Waals surface area (Å²) in [5, 5.41) is 11.1. The maximum absolute atomic E-state index is 11.4. The number of hydrogen-bond donors (Lipinski definition) is 3. The lowest BCUT2D eigenvalue weighted by Crippen LogP contribution is -2.40. The molecule has 0 radical (unpaired) electrons. The monoisotopic (exact) mass is 218 g/mol. The summed E-state index contributed by atoms with van der Waals surface area (Å²) in [4.78, 5) is 21.9. The Bertz CT molecular complexity index is 220. The number of carboxylic acids is 1. The maximum atomic E-state index is 11.4. The van der Waals surface area contributed by atoms with Gasteiger partial charge in [-0.25, -0.2) is 4.79 Å². The molecule has 2 unspecified atom stereocenters. The summed E-state index contributed by atoms with van der Waals surface area (Å²) in [6.45, 7) is 2.14. The Morgan fingerprint density at radius 1 is 1.53 bits per heavy atom. The van der Waals surface area contributed by atoms with E-state index in [4.69, 9.17) is 10.8 Å². The van der Waals surface area contributed by atoms with Gasteiger partial charge in [-0.2, -0.15) is 0 Å². The molecule has 6 nitrogen and oxygen atoms in total. The van der Waals surface area contributed by atoms with Crippen molar-refractivity contribution in [3.8, 4) is 0 Å². The third kappa shape index (κ3) is 5.34. The Labute approximate surface area is 88.8 Å². The lowest BCUT2D eigenvalue weighted by molar-refractivity contribution is -0.148. The fourth-order valence-electron chi connectivity index (χ4n) is 1.02. The first kappa shape index (κ1) is 13.9. The van der Waals surface area contributed by atoms with Crippen molar-refractivity contribution in [2.45, 2.75) is 19.4 Å². The molecule has 0 saturated carbocycles. The Balaban J connectivity index is 3.92. The first-order chi connectivity index (χ1) is 7.02. The molecule has 0 aromatic carbocycles. The van der Waals surface area contributed by atoms with Crippen molar-refractivity contribution in [1.82, 2.24) is 5.32 Å². The summed E-state index contributed by atoms with van der Waals surface area (Å²) in [6.07, 6.45) is -0.421. The fraction of sp³-hybridized carbons (Fsp3) is 0.778. The molecule has 0 bridgehead atoms. The van der Waals surface area contributed by atoms with E-state index in [-0.39, 0.29) is 18.4 Å². The molecule has 88 valence electrons. The van der Waals surface area contributed by atoms with Crippen LogP contribution in [0.5, 0.6) is 0 Å². The molecule has 0 aliphatic heterocycles. The highest BCUT2D eigenvalue weighted by atomic mass is 16.5. The largest absolute Gasteiger partial charge is 0.479 e. The van der Waals surface area contributed by atoms with E-state index in [1.807, 2.05) is 0 Å². The smallest absolute Gasteiger partial charge is 0.334 e. The highest BCUT2D eigenvalue weighted by molar-refractivity contribution is 5.79. The molecular weight excluding hydrogens is 200 g/mol. The fourth-order valence-corrected chi connectivity index (χ4v) is 1.02. The summed E-state index contributed by atoms with van der Waals surface area (Å²) >= 11 is 0. The lowest BCUT2D eigenvalue weighted by Gasteiger charge is -2.14. The minimum Gasteiger partial charge on any atom is -0.479 e. The third-order valence-corrected chi connectivity index (χ3v) is 2.07. The molecular formula is C9H18N2O4. The van der Waals surface area contributed by atoms with Crippen molar-refractivity contribution in [3.05, 3.63) is 0 Å². The molecule has 0 aromatic rings. The average molecular weight is 218 g/mol. The first-order valence-corrected chi connectivity index (χ1v) is 4.76. The summed E-state index contributed by atoms with van der Waals surface area (Å²) in [5.74, 6) is -1.51. The molecule has 6 heteroatoms. The van der Waals surface area contributed by atoms with Gasteiger partial charge in [-0.15, -0.1) is 0 Å². The minimum atomic E-state index is -1.09. The molecule has 4 N–H and O–H groups in total. The number of nitrogens with one attached hydrogen (secondary N) is 1. The second kappa shape index (κ2) is 7.19. The summed E-state index contributed by atoms with van der Waals surface area (Å²) in [5.41, 5.74) is 5.30. The van der Waals surface area contributed by atoms with Gasteiger partial charge < -0.3 is 20.9 Å². The summed E-state index contributed by atoms with van der Waals surface area (Å²) < 4.78 is 4.66. The first-order valence-electron chi connectivity index (χ1n) is 4.76. The van der Waals surface area contributed by atoms with Crippen LogP contribution >= 0.6 is 0 Å². The van der Waals surface area contributed by atoms with Gasteiger partial charge in [0.1, 0.15) is 0 Å². The number of hydrogen-bond acceptors (Lipinski definition) is 4. The summed E-state index contributed by atoms with van der Waals surface area (Å²) in [7, 11) is 1.29. The van der Waals surface area contributed by atoms with E-state index in [9.17, 15) is 9.59 Å². The van der Waals surface area contributed by atoms with Gasteiger partial charge in [0.05, 0.1) is 6.54 Å². The van der Waals surface area contributed by atoms with E-state index >= 15 is 0 Å². The van der Waals surface area contributed by atoms with Gasteiger partial charge in [0.2, 0.25) is 5.91 Å². The van der Waals surface area contributed by atoms with Crippen LogP contribution in [0, 0.1) is 5.92 Å². The van der Waals surface area contributed by atoms with Crippen LogP contribution in [0.2, 0.25) is 0 Å². The molecule has 0 rings (SSSR count). The highest BCUT2D eigenvalue weighted by Gasteiger charge is 2.19. The van der Waals surface area contributed by atoms with E-state index in [0.717, 1.165) is 0 Å². The average Bonchev–Trinajstić information content (AvgIpc) is 2.18. The number of ether oxygens (including phenoxy) is 1. The van der Waals surface area contributed by atoms with Gasteiger partial charge in [-0.05, 0) is 13.0 Å². The number of methoxy groups -OCH3 is 1. The number of aliphatic carboxylic acids is 1. The highest BCUT2D eigenvalue weighted by Crippen LogP contribution is 1.99. The van der Waals surface area contributed by atoms with Crippen LogP contribution in [-0.4, -0.2) is 43.3 Å². The van der Waals surface area contributed by atoms with Gasteiger partial charge in [-0.1, -0.05) is 6.92 Å². The lowest BCUT2D eigenvalue weighted by atomic mass is 10.1. The van der Waals surface area contributed by atoms with Crippen molar-refractivity contribution < 1.29 is 19.4 Å². The minimum absolute atomic E-state index is 0.0282. The zero-order chi connectivity index (χ0) is 11.8. The Morgan fingerprint density at radius 2 is 2.13 bits per heavy atom. The normalized spacial score (nSPS) is 14.3. The van der Waals surface area contributed by atoms with E-state index in [1.54, 1.807) is 6.92 Å². The third-order valence-electron chi connectivity index (χ3n) is 2.07. The predicted molar refractivity (Wildman–Crippen MR) is 54.3 cm³/mol. The molecule has 0 saturated heterocycles. The van der Waals surface area contributed by atoms with Crippen LogP contribution in [0.15, 0.2) is 0 Å². The van der Waals surface area contributed by atoms with Crippen molar-refractivity contribution in [2.75, 3.05) is 20.2 Å². The number of amides is 1. The molecule has 0 aliphatic rings. The Morgan fingerprint density at radius 3 is 2.53 bits per heavy atom. The van der Waals surface area contributed by atoms with Gasteiger partial charge in [0.15, 0.2) is 6.10 Å². The molecule has 2 atom stereocenters. The molecule has 15 heavy (non-hydrogen) atoms. The van der Waals surface area contributed by atoms with Crippen LogP contribution in [0.4, 0.5) is 0 Å². The maximum Gasteiger partial charge on any atom is 0.334 e. The van der Waals surface area contributed by atoms with Gasteiger partial charge in [-0.3, -0.25) is 4.79 Å². The second-order valence-corrected chi connectivity index (χ2v) is 3.29. The predicted octanol–water partition coefficient (Wildman–Crippen LogP) is -0.813.